The number of pyridine rings is 1. The van der Waals surface area contributed by atoms with Gasteiger partial charge in [0.2, 0.25) is 0 Å². The van der Waals surface area contributed by atoms with E-state index >= 15 is 0 Å². The first-order valence-electron chi connectivity index (χ1n) is 9.75. The van der Waals surface area contributed by atoms with E-state index < -0.39 is 5.82 Å². The van der Waals surface area contributed by atoms with Crippen LogP contribution in [0.4, 0.5) is 4.39 Å². The van der Waals surface area contributed by atoms with Crippen LogP contribution in [0.15, 0.2) is 29.4 Å². The molecule has 0 bridgehead atoms. The average Bonchev–Trinajstić information content (AvgIpc) is 2.75. The Hall–Kier alpha value is -1.67. The van der Waals surface area contributed by atoms with Gasteiger partial charge in [-0.15, -0.1) is 12.6 Å². The number of hydrogen-bond donors (Lipinski definition) is 2. The Morgan fingerprint density at radius 3 is 2.80 bits per heavy atom. The summed E-state index contributed by atoms with van der Waals surface area (Å²) in [5, 5.41) is 8.19. The summed E-state index contributed by atoms with van der Waals surface area (Å²) in [6.07, 6.45) is 4.40. The minimum atomic E-state index is -0.397. The summed E-state index contributed by atoms with van der Waals surface area (Å²) in [7, 11) is 0. The zero-order valence-electron chi connectivity index (χ0n) is 16.1. The van der Waals surface area contributed by atoms with E-state index in [1.54, 1.807) is 6.07 Å². The third kappa shape index (κ3) is 4.08. The molecule has 1 amide bonds. The first-order valence-corrected chi connectivity index (χ1v) is 11.0. The zero-order chi connectivity index (χ0) is 21.4. The fraction of sp³-hybridized carbons (Fsp3) is 0.381. The van der Waals surface area contributed by atoms with E-state index in [1.807, 2.05) is 11.0 Å². The average molecular weight is 467 g/mol. The molecule has 30 heavy (non-hydrogen) atoms. The first kappa shape index (κ1) is 21.6. The molecule has 0 saturated carbocycles. The summed E-state index contributed by atoms with van der Waals surface area (Å²) in [6, 6.07) is 5.24. The van der Waals surface area contributed by atoms with Gasteiger partial charge in [-0.2, -0.15) is 0 Å². The van der Waals surface area contributed by atoms with E-state index in [4.69, 9.17) is 28.6 Å². The van der Waals surface area contributed by atoms with Crippen LogP contribution in [-0.4, -0.2) is 59.1 Å². The molecule has 9 heteroatoms. The van der Waals surface area contributed by atoms with E-state index in [9.17, 15) is 9.18 Å². The molecule has 2 aliphatic heterocycles. The fourth-order valence-electron chi connectivity index (χ4n) is 4.34. The van der Waals surface area contributed by atoms with E-state index in [0.29, 0.717) is 35.2 Å². The summed E-state index contributed by atoms with van der Waals surface area (Å²) < 4.78 is 13.5. The van der Waals surface area contributed by atoms with Crippen molar-refractivity contribution in [1.29, 1.82) is 5.41 Å². The van der Waals surface area contributed by atoms with Crippen molar-refractivity contribution in [3.63, 3.8) is 0 Å². The lowest BCUT2D eigenvalue weighted by Gasteiger charge is -2.46. The molecule has 2 saturated heterocycles. The van der Waals surface area contributed by atoms with Crippen molar-refractivity contribution in [1.82, 2.24) is 14.8 Å². The summed E-state index contributed by atoms with van der Waals surface area (Å²) in [4.78, 5) is 21.4. The number of benzene rings is 1. The standard InChI is InChI=1S/C21H21Cl2FN4OS/c22-17-7-12(2-4-18(17)24)13-1-3-14-11-28(6-5-27(14)10-13)21(29)16-9-26-20(30)15(8-25)19(16)23/h2,4,7-9,13-14,25H,1,3,5-6,10-11H2,(H,26,30)/t13-,14+/m0/s1. The molecule has 2 aliphatic rings. The van der Waals surface area contributed by atoms with Gasteiger partial charge in [0, 0.05) is 50.2 Å². The van der Waals surface area contributed by atoms with Gasteiger partial charge in [0.05, 0.1) is 15.6 Å². The Kier molecular flexibility index (Phi) is 6.34. The quantitative estimate of drug-likeness (QED) is 0.516. The van der Waals surface area contributed by atoms with Crippen molar-refractivity contribution in [2.75, 3.05) is 26.2 Å². The van der Waals surface area contributed by atoms with Gasteiger partial charge >= 0.3 is 0 Å². The second-order valence-electron chi connectivity index (χ2n) is 7.72. The summed E-state index contributed by atoms with van der Waals surface area (Å²) in [6.45, 7) is 2.83. The highest BCUT2D eigenvalue weighted by molar-refractivity contribution is 7.80. The number of rotatable bonds is 3. The van der Waals surface area contributed by atoms with Crippen molar-refractivity contribution in [3.05, 3.63) is 56.9 Å². The first-order chi connectivity index (χ1) is 14.4. The van der Waals surface area contributed by atoms with E-state index in [2.05, 4.69) is 22.5 Å². The van der Waals surface area contributed by atoms with Gasteiger partial charge in [-0.25, -0.2) is 9.37 Å². The highest BCUT2D eigenvalue weighted by Gasteiger charge is 2.35. The summed E-state index contributed by atoms with van der Waals surface area (Å²) in [5.41, 5.74) is 1.71. The second-order valence-corrected chi connectivity index (χ2v) is 8.92. The van der Waals surface area contributed by atoms with Crippen molar-refractivity contribution >= 4 is 48.0 Å². The summed E-state index contributed by atoms with van der Waals surface area (Å²) in [5.74, 6) is -0.263. The molecule has 0 aliphatic carbocycles. The number of nitrogens with one attached hydrogen (secondary N) is 1. The molecule has 0 unspecified atom stereocenters. The number of thiol groups is 1. The lowest BCUT2D eigenvalue weighted by atomic mass is 9.86. The van der Waals surface area contributed by atoms with Crippen LogP contribution >= 0.6 is 35.8 Å². The smallest absolute Gasteiger partial charge is 0.257 e. The number of halogens is 3. The number of aromatic nitrogens is 1. The third-order valence-electron chi connectivity index (χ3n) is 6.01. The highest BCUT2D eigenvalue weighted by Crippen LogP contribution is 2.34. The van der Waals surface area contributed by atoms with Crippen molar-refractivity contribution < 1.29 is 9.18 Å². The van der Waals surface area contributed by atoms with Crippen LogP contribution in [-0.2, 0) is 0 Å². The number of carbonyl (C=O) groups is 1. The Labute approximate surface area is 190 Å². The largest absolute Gasteiger partial charge is 0.336 e. The fourth-order valence-corrected chi connectivity index (χ4v) is 5.10. The van der Waals surface area contributed by atoms with Crippen molar-refractivity contribution in [3.8, 4) is 0 Å². The van der Waals surface area contributed by atoms with E-state index in [-0.39, 0.29) is 22.0 Å². The molecule has 2 fully saturated rings. The predicted octanol–water partition coefficient (Wildman–Crippen LogP) is 4.52. The molecule has 158 valence electrons. The molecular weight excluding hydrogens is 446 g/mol. The van der Waals surface area contributed by atoms with Crippen molar-refractivity contribution in [2.45, 2.75) is 29.8 Å². The van der Waals surface area contributed by atoms with Crippen LogP contribution in [0.3, 0.4) is 0 Å². The van der Waals surface area contributed by atoms with Crippen LogP contribution in [0.2, 0.25) is 10.0 Å². The van der Waals surface area contributed by atoms with Gasteiger partial charge in [0.25, 0.3) is 5.91 Å². The monoisotopic (exact) mass is 466 g/mol. The lowest BCUT2D eigenvalue weighted by molar-refractivity contribution is 0.0329. The topological polar surface area (TPSA) is 60.3 Å². The molecular formula is C21H21Cl2FN4OS. The Morgan fingerprint density at radius 1 is 1.27 bits per heavy atom. The SMILES string of the molecule is N=Cc1c(S)ncc(C(=O)N2CCN3C[C@@H](c4ccc(F)c(Cl)c4)CC[C@@H]3C2)c1Cl. The molecule has 4 rings (SSSR count). The van der Waals surface area contributed by atoms with Gasteiger partial charge in [0.1, 0.15) is 10.8 Å². The minimum Gasteiger partial charge on any atom is -0.336 e. The Bertz CT molecular complexity index is 1010. The molecule has 1 aromatic heterocycles. The molecule has 0 spiro atoms. The molecule has 2 atom stereocenters. The van der Waals surface area contributed by atoms with Gasteiger partial charge in [-0.1, -0.05) is 29.3 Å². The second kappa shape index (κ2) is 8.83. The molecule has 0 radical (unpaired) electrons. The lowest BCUT2D eigenvalue weighted by Crippen LogP contribution is -2.57. The number of amides is 1. The predicted molar refractivity (Wildman–Crippen MR) is 119 cm³/mol. The molecule has 1 N–H and O–H groups in total. The van der Waals surface area contributed by atoms with Gasteiger partial charge in [-0.3, -0.25) is 9.69 Å². The van der Waals surface area contributed by atoms with Crippen LogP contribution in [0.1, 0.15) is 40.2 Å². The van der Waals surface area contributed by atoms with Crippen LogP contribution in [0.5, 0.6) is 0 Å². The summed E-state index contributed by atoms with van der Waals surface area (Å²) >= 11 is 16.5. The third-order valence-corrected chi connectivity index (χ3v) is 7.07. The minimum absolute atomic E-state index is 0.159. The van der Waals surface area contributed by atoms with E-state index in [1.165, 1.54) is 12.3 Å². The number of piperazine rings is 1. The molecule has 1 aromatic carbocycles. The Balaban J connectivity index is 1.45. The number of hydrogen-bond acceptors (Lipinski definition) is 5. The highest BCUT2D eigenvalue weighted by atomic mass is 35.5. The van der Waals surface area contributed by atoms with Crippen LogP contribution in [0.25, 0.3) is 0 Å². The van der Waals surface area contributed by atoms with Crippen LogP contribution in [0, 0.1) is 11.2 Å². The number of carbonyl (C=O) groups excluding carboxylic acids is 1. The maximum atomic E-state index is 13.5. The van der Waals surface area contributed by atoms with Crippen molar-refractivity contribution in [2.24, 2.45) is 0 Å². The maximum Gasteiger partial charge on any atom is 0.257 e. The van der Waals surface area contributed by atoms with Gasteiger partial charge in [0.15, 0.2) is 0 Å². The maximum absolute atomic E-state index is 13.5. The number of piperidine rings is 1. The van der Waals surface area contributed by atoms with Gasteiger partial charge in [-0.05, 0) is 36.5 Å². The Morgan fingerprint density at radius 2 is 2.07 bits per heavy atom. The number of fused-ring (bicyclic) bond motifs is 1. The molecule has 3 heterocycles. The number of nitrogens with zero attached hydrogens (tertiary/aromatic N) is 3. The molecule has 2 aromatic rings. The van der Waals surface area contributed by atoms with E-state index in [0.717, 1.165) is 37.7 Å². The molecule has 5 nitrogen and oxygen atoms in total. The zero-order valence-corrected chi connectivity index (χ0v) is 18.5. The normalized spacial score (nSPS) is 21.9. The van der Waals surface area contributed by atoms with Gasteiger partial charge < -0.3 is 10.3 Å². The van der Waals surface area contributed by atoms with Crippen LogP contribution < -0.4 is 0 Å².